The Balaban J connectivity index is 3.93. The summed E-state index contributed by atoms with van der Waals surface area (Å²) in [5, 5.41) is 14.1. The second-order valence-electron chi connectivity index (χ2n) is 28.0. The summed E-state index contributed by atoms with van der Waals surface area (Å²) in [6.07, 6.45) is 95.1. The molecule has 3 atom stereocenters. The molecule has 0 heterocycles. The summed E-state index contributed by atoms with van der Waals surface area (Å²) in [6, 6.07) is -0.802. The minimum absolute atomic E-state index is 0.0143. The number of aliphatic hydroxyl groups is 1. The van der Waals surface area contributed by atoms with E-state index in [0.29, 0.717) is 23.9 Å². The van der Waals surface area contributed by atoms with Crippen LogP contribution in [0.5, 0.6) is 0 Å². The van der Waals surface area contributed by atoms with Crippen molar-refractivity contribution in [2.45, 2.75) is 411 Å². The predicted molar refractivity (Wildman–Crippen MR) is 385 cm³/mol. The van der Waals surface area contributed by atoms with Crippen LogP contribution in [0.15, 0.2) is 48.6 Å². The number of nitrogens with zero attached hydrogens (tertiary/aromatic N) is 1. The highest BCUT2D eigenvalue weighted by molar-refractivity contribution is 7.45. The summed E-state index contributed by atoms with van der Waals surface area (Å²) in [5.74, 6) is -0.156. The van der Waals surface area contributed by atoms with Gasteiger partial charge in [-0.05, 0) is 51.4 Å². The molecule has 0 fully saturated rings. The van der Waals surface area contributed by atoms with Crippen molar-refractivity contribution in [3.05, 3.63) is 48.6 Å². The molecule has 520 valence electrons. The molecule has 1 amide bonds. The summed E-state index contributed by atoms with van der Waals surface area (Å²) in [6.45, 7) is 4.67. The van der Waals surface area contributed by atoms with Gasteiger partial charge >= 0.3 is 0 Å². The van der Waals surface area contributed by atoms with Gasteiger partial charge in [-0.1, -0.05) is 390 Å². The molecule has 0 saturated carbocycles. The Labute approximate surface area is 549 Å². The molecule has 0 aromatic rings. The van der Waals surface area contributed by atoms with E-state index in [1.807, 2.05) is 21.1 Å². The Bertz CT molecular complexity index is 1580. The first kappa shape index (κ1) is 86.5. The maximum Gasteiger partial charge on any atom is 0.268 e. The highest BCUT2D eigenvalue weighted by atomic mass is 31.2. The van der Waals surface area contributed by atoms with E-state index in [2.05, 4.69) is 67.8 Å². The van der Waals surface area contributed by atoms with Crippen molar-refractivity contribution >= 4 is 13.7 Å². The third kappa shape index (κ3) is 71.9. The van der Waals surface area contributed by atoms with Crippen molar-refractivity contribution in [2.24, 2.45) is 0 Å². The molecule has 8 nitrogen and oxygen atoms in total. The quantitative estimate of drug-likeness (QED) is 0.0272. The number of phosphoric ester groups is 1. The Morgan fingerprint density at radius 3 is 1.01 bits per heavy atom. The van der Waals surface area contributed by atoms with Crippen LogP contribution in [-0.2, 0) is 18.4 Å². The summed E-state index contributed by atoms with van der Waals surface area (Å²) in [5.41, 5.74) is 0. The van der Waals surface area contributed by atoms with Crippen LogP contribution in [0.1, 0.15) is 399 Å². The average Bonchev–Trinajstić information content (AvgIpc) is 3.64. The number of nitrogens with one attached hydrogen (secondary N) is 1. The van der Waals surface area contributed by atoms with Crippen molar-refractivity contribution in [1.82, 2.24) is 5.32 Å². The van der Waals surface area contributed by atoms with E-state index in [4.69, 9.17) is 9.05 Å². The second kappa shape index (κ2) is 69.8. The molecule has 2 N–H and O–H groups in total. The van der Waals surface area contributed by atoms with Gasteiger partial charge in [-0.25, -0.2) is 0 Å². The number of hydrogen-bond donors (Lipinski definition) is 2. The monoisotopic (exact) mass is 1260 g/mol. The first-order valence-corrected chi connectivity index (χ1v) is 40.4. The van der Waals surface area contributed by atoms with Crippen LogP contribution in [0.25, 0.3) is 0 Å². The maximum atomic E-state index is 13.1. The lowest BCUT2D eigenvalue weighted by atomic mass is 10.0. The maximum absolute atomic E-state index is 13.1. The van der Waals surface area contributed by atoms with Gasteiger partial charge in [-0.15, -0.1) is 0 Å². The van der Waals surface area contributed by atoms with Crippen LogP contribution in [-0.4, -0.2) is 68.5 Å². The van der Waals surface area contributed by atoms with E-state index >= 15 is 0 Å². The van der Waals surface area contributed by atoms with E-state index in [9.17, 15) is 19.4 Å². The Morgan fingerprint density at radius 2 is 0.693 bits per heavy atom. The van der Waals surface area contributed by atoms with Gasteiger partial charge in [0.1, 0.15) is 13.2 Å². The molecule has 0 aromatic carbocycles. The van der Waals surface area contributed by atoms with E-state index in [1.54, 1.807) is 0 Å². The fraction of sp³-hybridized carbons (Fsp3) is 0.886. The van der Waals surface area contributed by atoms with Gasteiger partial charge in [0.05, 0.1) is 39.9 Å². The normalized spacial score (nSPS) is 13.8. The lowest BCUT2D eigenvalue weighted by molar-refractivity contribution is -0.870. The van der Waals surface area contributed by atoms with Gasteiger partial charge < -0.3 is 28.8 Å². The number of phosphoric acid groups is 1. The smallest absolute Gasteiger partial charge is 0.268 e. The van der Waals surface area contributed by atoms with E-state index in [0.717, 1.165) is 64.2 Å². The zero-order valence-electron chi connectivity index (χ0n) is 59.7. The molecule has 0 rings (SSSR count). The first-order chi connectivity index (χ1) is 43.0. The number of likely N-dealkylation sites (N-methyl/N-ethyl adjacent to an activating group) is 1. The number of amides is 1. The molecular formula is C79H153N2O6P. The van der Waals surface area contributed by atoms with Crippen LogP contribution in [0.2, 0.25) is 0 Å². The van der Waals surface area contributed by atoms with E-state index in [1.165, 1.54) is 308 Å². The lowest BCUT2D eigenvalue weighted by Crippen LogP contribution is -2.46. The molecule has 3 unspecified atom stereocenters. The molecular weight excluding hydrogens is 1100 g/mol. The average molecular weight is 1260 g/mol. The largest absolute Gasteiger partial charge is 0.756 e. The van der Waals surface area contributed by atoms with Gasteiger partial charge in [0.2, 0.25) is 5.91 Å². The first-order valence-electron chi connectivity index (χ1n) is 39.0. The summed E-state index contributed by atoms with van der Waals surface area (Å²) in [4.78, 5) is 25.7. The van der Waals surface area contributed by atoms with Gasteiger partial charge in [0, 0.05) is 6.42 Å². The van der Waals surface area contributed by atoms with Crippen LogP contribution >= 0.6 is 7.82 Å². The molecule has 88 heavy (non-hydrogen) atoms. The van der Waals surface area contributed by atoms with Gasteiger partial charge in [0.15, 0.2) is 0 Å². The Hall–Kier alpha value is -1.54. The molecule has 0 aliphatic rings. The van der Waals surface area contributed by atoms with Crippen LogP contribution in [0, 0.1) is 0 Å². The minimum atomic E-state index is -4.58. The number of aliphatic hydroxyl groups excluding tert-OH is 1. The Kier molecular flexibility index (Phi) is 68.6. The molecule has 9 heteroatoms. The molecule has 0 radical (unpaired) electrons. The molecule has 0 spiro atoms. The molecule has 0 saturated heterocycles. The fourth-order valence-corrected chi connectivity index (χ4v) is 12.8. The Morgan fingerprint density at radius 1 is 0.409 bits per heavy atom. The molecule has 0 aromatic heterocycles. The van der Waals surface area contributed by atoms with Gasteiger partial charge in [-0.2, -0.15) is 0 Å². The second-order valence-corrected chi connectivity index (χ2v) is 29.5. The van der Waals surface area contributed by atoms with Crippen LogP contribution in [0.4, 0.5) is 0 Å². The zero-order valence-corrected chi connectivity index (χ0v) is 60.6. The SMILES string of the molecule is CC/C=C\C/C=C\C/C=C\C/C=C\CCCCCCCCCCCCCCCCCCCCCCCCC(=O)NC(COP(=O)([O-])OCC[N+](C)(C)C)C(O)CCCCCCCCCCCCCCCCCCCCCCCCCCCCCCCCC. The summed E-state index contributed by atoms with van der Waals surface area (Å²) in [7, 11) is 1.33. The summed E-state index contributed by atoms with van der Waals surface area (Å²) < 4.78 is 23.6. The number of quaternary nitrogens is 1. The van der Waals surface area contributed by atoms with Gasteiger partial charge in [-0.3, -0.25) is 9.36 Å². The third-order valence-corrected chi connectivity index (χ3v) is 19.0. The van der Waals surface area contributed by atoms with Crippen LogP contribution in [0.3, 0.4) is 0 Å². The number of carbonyl (C=O) groups excluding carboxylic acids is 1. The molecule has 0 bridgehead atoms. The number of unbranched alkanes of at least 4 members (excludes halogenated alkanes) is 52. The van der Waals surface area contributed by atoms with Crippen LogP contribution < -0.4 is 10.2 Å². The zero-order chi connectivity index (χ0) is 64.1. The van der Waals surface area contributed by atoms with Crippen molar-refractivity contribution in [2.75, 3.05) is 40.9 Å². The molecule has 0 aliphatic heterocycles. The van der Waals surface area contributed by atoms with Crippen molar-refractivity contribution < 1.29 is 32.9 Å². The minimum Gasteiger partial charge on any atom is -0.756 e. The van der Waals surface area contributed by atoms with Crippen molar-refractivity contribution in [3.63, 3.8) is 0 Å². The number of hydrogen-bond acceptors (Lipinski definition) is 6. The number of rotatable bonds is 73. The van der Waals surface area contributed by atoms with Crippen molar-refractivity contribution in [3.8, 4) is 0 Å². The number of allylic oxidation sites excluding steroid dienone is 8. The topological polar surface area (TPSA) is 108 Å². The van der Waals surface area contributed by atoms with Crippen molar-refractivity contribution in [1.29, 1.82) is 0 Å². The highest BCUT2D eigenvalue weighted by Gasteiger charge is 2.24. The highest BCUT2D eigenvalue weighted by Crippen LogP contribution is 2.38. The summed E-state index contributed by atoms with van der Waals surface area (Å²) >= 11 is 0. The lowest BCUT2D eigenvalue weighted by Gasteiger charge is -2.30. The fourth-order valence-electron chi connectivity index (χ4n) is 12.1. The predicted octanol–water partition coefficient (Wildman–Crippen LogP) is 24.7. The van der Waals surface area contributed by atoms with E-state index < -0.39 is 20.0 Å². The van der Waals surface area contributed by atoms with Gasteiger partial charge in [0.25, 0.3) is 7.82 Å². The third-order valence-electron chi connectivity index (χ3n) is 18.1. The number of carbonyl (C=O) groups is 1. The standard InChI is InChI=1S/C79H153N2O6P/c1-6-8-10-12-14-16-18-20-22-24-26-28-30-32-34-36-38-39-40-41-43-45-47-49-51-53-55-57-59-61-63-65-67-69-71-73-79(83)80-77(76-87-88(84,85)86-75-74-81(3,4)5)78(82)72-70-68-66-64-62-60-58-56-54-52-50-48-46-44-42-37-35-33-31-29-27-25-23-21-19-17-15-13-11-9-7-2/h8,10,14,16,20,22,26,28,77-78,82H,6-7,9,11-13,15,17-19,21,23-25,27,29-76H2,1-5H3,(H-,80,83,84,85)/b10-8-,16-14-,22-20-,28-26-. The van der Waals surface area contributed by atoms with E-state index in [-0.39, 0.29) is 19.1 Å². The molecule has 0 aliphatic carbocycles.